The van der Waals surface area contributed by atoms with Crippen molar-refractivity contribution in [3.8, 4) is 5.69 Å². The molecule has 3 amide bonds. The molecule has 0 aliphatic carbocycles. The first kappa shape index (κ1) is 19.6. The van der Waals surface area contributed by atoms with E-state index in [0.29, 0.717) is 21.7 Å². The fraction of sp³-hybridized carbons (Fsp3) is 0.200. The topological polar surface area (TPSA) is 107 Å². The molecule has 0 saturated carbocycles. The minimum absolute atomic E-state index is 0.128. The summed E-state index contributed by atoms with van der Waals surface area (Å²) in [6.07, 6.45) is 0. The lowest BCUT2D eigenvalue weighted by molar-refractivity contribution is -0.120. The number of thioether (sulfide) groups is 1. The number of benzene rings is 2. The quantitative estimate of drug-likeness (QED) is 0.509. The minimum atomic E-state index is -0.914. The Balaban J connectivity index is 2.17. The second-order valence-corrected chi connectivity index (χ2v) is 7.63. The Bertz CT molecular complexity index is 1080. The number of carbonyl (C=O) groups excluding carboxylic acids is 2. The van der Waals surface area contributed by atoms with Gasteiger partial charge >= 0.3 is 6.03 Å². The lowest BCUT2D eigenvalue weighted by Gasteiger charge is -2.20. The summed E-state index contributed by atoms with van der Waals surface area (Å²) in [4.78, 5) is 41.4. The molecule has 1 aromatic heterocycles. The predicted molar refractivity (Wildman–Crippen MR) is 110 cm³/mol. The van der Waals surface area contributed by atoms with Crippen molar-refractivity contribution in [3.63, 3.8) is 0 Å². The van der Waals surface area contributed by atoms with Crippen molar-refractivity contribution in [2.45, 2.75) is 24.3 Å². The van der Waals surface area contributed by atoms with Crippen molar-refractivity contribution < 1.29 is 9.59 Å². The average molecular weight is 396 g/mol. The number of para-hydroxylation sites is 2. The molecule has 1 heterocycles. The molecule has 0 radical (unpaired) electrons. The van der Waals surface area contributed by atoms with E-state index in [1.54, 1.807) is 36.4 Å². The van der Waals surface area contributed by atoms with E-state index in [1.165, 1.54) is 4.57 Å². The summed E-state index contributed by atoms with van der Waals surface area (Å²) in [5, 5.41) is 2.32. The number of carbonyl (C=O) groups is 2. The molecule has 0 bridgehead atoms. The fourth-order valence-electron chi connectivity index (χ4n) is 2.79. The van der Waals surface area contributed by atoms with Crippen LogP contribution in [0.1, 0.15) is 13.8 Å². The van der Waals surface area contributed by atoms with Crippen LogP contribution in [0.5, 0.6) is 0 Å². The van der Waals surface area contributed by atoms with Crippen LogP contribution in [0.4, 0.5) is 4.79 Å². The number of nitrogens with zero attached hydrogens (tertiary/aromatic N) is 2. The molecule has 8 heteroatoms. The summed E-state index contributed by atoms with van der Waals surface area (Å²) < 4.78 is 1.49. The number of urea groups is 1. The van der Waals surface area contributed by atoms with E-state index in [4.69, 9.17) is 5.73 Å². The van der Waals surface area contributed by atoms with Gasteiger partial charge in [0.15, 0.2) is 5.16 Å². The number of hydrogen-bond donors (Lipinski definition) is 2. The number of imide groups is 1. The first-order valence-corrected chi connectivity index (χ1v) is 9.60. The van der Waals surface area contributed by atoms with Crippen molar-refractivity contribution in [2.75, 3.05) is 0 Å². The molecule has 3 rings (SSSR count). The number of rotatable bonds is 5. The molecule has 1 unspecified atom stereocenters. The second-order valence-electron chi connectivity index (χ2n) is 6.52. The second kappa shape index (κ2) is 8.26. The van der Waals surface area contributed by atoms with E-state index in [2.05, 4.69) is 10.3 Å². The molecule has 0 fully saturated rings. The largest absolute Gasteiger partial charge is 0.351 e. The standard InChI is InChI=1S/C20H20N4O3S/c1-12(2)16(17(25)23-19(21)27)28-20-22-15-11-7-6-10-14(15)18(26)24(20)13-8-4-3-5-9-13/h3-12,16H,1-2H3,(H3,21,23,25,27). The molecular weight excluding hydrogens is 376 g/mol. The average Bonchev–Trinajstić information content (AvgIpc) is 2.66. The molecule has 2 aromatic carbocycles. The number of fused-ring (bicyclic) bond motifs is 1. The van der Waals surface area contributed by atoms with Crippen molar-refractivity contribution in [1.29, 1.82) is 0 Å². The molecule has 3 aromatic rings. The molecule has 0 saturated heterocycles. The smallest absolute Gasteiger partial charge is 0.318 e. The van der Waals surface area contributed by atoms with Gasteiger partial charge in [-0.25, -0.2) is 9.78 Å². The van der Waals surface area contributed by atoms with Crippen LogP contribution in [0.15, 0.2) is 64.5 Å². The summed E-state index contributed by atoms with van der Waals surface area (Å²) in [6, 6.07) is 15.3. The Morgan fingerprint density at radius 1 is 1.07 bits per heavy atom. The Kier molecular flexibility index (Phi) is 5.79. The van der Waals surface area contributed by atoms with Gasteiger partial charge in [0.25, 0.3) is 5.56 Å². The van der Waals surface area contributed by atoms with Crippen LogP contribution in [-0.4, -0.2) is 26.7 Å². The van der Waals surface area contributed by atoms with Crippen molar-refractivity contribution >= 4 is 34.6 Å². The summed E-state index contributed by atoms with van der Waals surface area (Å²) in [5.41, 5.74) is 6.05. The number of nitrogens with two attached hydrogens (primary N) is 1. The summed E-state index contributed by atoms with van der Waals surface area (Å²) in [7, 11) is 0. The summed E-state index contributed by atoms with van der Waals surface area (Å²) in [6.45, 7) is 3.70. The number of nitrogens with one attached hydrogen (secondary N) is 1. The fourth-order valence-corrected chi connectivity index (χ4v) is 3.90. The molecule has 0 aliphatic heterocycles. The number of primary amides is 1. The third-order valence-electron chi connectivity index (χ3n) is 4.10. The normalized spacial score (nSPS) is 12.1. The maximum Gasteiger partial charge on any atom is 0.318 e. The summed E-state index contributed by atoms with van der Waals surface area (Å²) in [5.74, 6) is -0.647. The molecule has 0 spiro atoms. The van der Waals surface area contributed by atoms with Gasteiger partial charge in [-0.05, 0) is 30.2 Å². The number of amides is 3. The Labute approximate surface area is 166 Å². The van der Waals surface area contributed by atoms with Crippen molar-refractivity contribution in [3.05, 3.63) is 65.0 Å². The van der Waals surface area contributed by atoms with Crippen LogP contribution in [0, 0.1) is 5.92 Å². The van der Waals surface area contributed by atoms with Gasteiger partial charge in [-0.15, -0.1) is 0 Å². The van der Waals surface area contributed by atoms with Gasteiger partial charge < -0.3 is 5.73 Å². The monoisotopic (exact) mass is 396 g/mol. The predicted octanol–water partition coefficient (Wildman–Crippen LogP) is 2.70. The van der Waals surface area contributed by atoms with Crippen LogP contribution in [0.25, 0.3) is 16.6 Å². The molecule has 3 N–H and O–H groups in total. The highest BCUT2D eigenvalue weighted by atomic mass is 32.2. The van der Waals surface area contributed by atoms with Gasteiger partial charge in [-0.2, -0.15) is 0 Å². The molecule has 28 heavy (non-hydrogen) atoms. The Hall–Kier alpha value is -3.13. The maximum absolute atomic E-state index is 13.2. The highest BCUT2D eigenvalue weighted by molar-refractivity contribution is 8.00. The van der Waals surface area contributed by atoms with Crippen LogP contribution in [0.2, 0.25) is 0 Å². The molecule has 144 valence electrons. The van der Waals surface area contributed by atoms with E-state index in [1.807, 2.05) is 32.0 Å². The van der Waals surface area contributed by atoms with E-state index < -0.39 is 17.2 Å². The molecular formula is C20H20N4O3S. The van der Waals surface area contributed by atoms with Gasteiger partial charge in [0.1, 0.15) is 0 Å². The zero-order valence-corrected chi connectivity index (χ0v) is 16.3. The van der Waals surface area contributed by atoms with Crippen LogP contribution in [0.3, 0.4) is 0 Å². The van der Waals surface area contributed by atoms with Crippen LogP contribution in [-0.2, 0) is 4.79 Å². The van der Waals surface area contributed by atoms with Gasteiger partial charge in [0.2, 0.25) is 5.91 Å². The lowest BCUT2D eigenvalue weighted by Crippen LogP contribution is -2.42. The van der Waals surface area contributed by atoms with Gasteiger partial charge in [0.05, 0.1) is 21.8 Å². The highest BCUT2D eigenvalue weighted by Crippen LogP contribution is 2.29. The van der Waals surface area contributed by atoms with Crippen LogP contribution >= 0.6 is 11.8 Å². The van der Waals surface area contributed by atoms with E-state index in [-0.39, 0.29) is 11.5 Å². The van der Waals surface area contributed by atoms with Gasteiger partial charge in [0, 0.05) is 0 Å². The first-order chi connectivity index (χ1) is 13.4. The van der Waals surface area contributed by atoms with Crippen molar-refractivity contribution in [1.82, 2.24) is 14.9 Å². The third-order valence-corrected chi connectivity index (χ3v) is 5.60. The summed E-state index contributed by atoms with van der Waals surface area (Å²) >= 11 is 1.13. The van der Waals surface area contributed by atoms with E-state index >= 15 is 0 Å². The Morgan fingerprint density at radius 2 is 1.71 bits per heavy atom. The number of hydrogen-bond acceptors (Lipinski definition) is 5. The number of aromatic nitrogens is 2. The zero-order valence-electron chi connectivity index (χ0n) is 15.5. The minimum Gasteiger partial charge on any atom is -0.351 e. The molecule has 1 atom stereocenters. The molecule has 0 aliphatic rings. The SMILES string of the molecule is CC(C)C(Sc1nc2ccccc2c(=O)n1-c1ccccc1)C(=O)NC(N)=O. The van der Waals surface area contributed by atoms with E-state index in [0.717, 1.165) is 11.8 Å². The van der Waals surface area contributed by atoms with Gasteiger partial charge in [-0.3, -0.25) is 19.5 Å². The first-order valence-electron chi connectivity index (χ1n) is 8.72. The lowest BCUT2D eigenvalue weighted by atomic mass is 10.1. The maximum atomic E-state index is 13.2. The highest BCUT2D eigenvalue weighted by Gasteiger charge is 2.27. The third kappa shape index (κ3) is 4.07. The van der Waals surface area contributed by atoms with Gasteiger partial charge in [-0.1, -0.05) is 55.9 Å². The van der Waals surface area contributed by atoms with Crippen LogP contribution < -0.4 is 16.6 Å². The van der Waals surface area contributed by atoms with Crippen molar-refractivity contribution in [2.24, 2.45) is 11.7 Å². The molecule has 7 nitrogen and oxygen atoms in total. The zero-order chi connectivity index (χ0) is 20.3. The Morgan fingerprint density at radius 3 is 2.36 bits per heavy atom. The van der Waals surface area contributed by atoms with E-state index in [9.17, 15) is 14.4 Å².